The van der Waals surface area contributed by atoms with E-state index in [1.165, 1.54) is 43.4 Å². The van der Waals surface area contributed by atoms with E-state index in [9.17, 15) is 4.79 Å². The first kappa shape index (κ1) is 15.2. The molecule has 2 saturated heterocycles. The number of rotatable bonds is 2. The predicted molar refractivity (Wildman–Crippen MR) is 94.4 cm³/mol. The Morgan fingerprint density at radius 1 is 1.17 bits per heavy atom. The highest BCUT2D eigenvalue weighted by Crippen LogP contribution is 2.47. The third-order valence-electron chi connectivity index (χ3n) is 6.19. The van der Waals surface area contributed by atoms with Crippen molar-refractivity contribution in [3.63, 3.8) is 0 Å². The van der Waals surface area contributed by atoms with Crippen LogP contribution in [0.25, 0.3) is 0 Å². The summed E-state index contributed by atoms with van der Waals surface area (Å²) in [6, 6.07) is 4.25. The Kier molecular flexibility index (Phi) is 3.63. The molecule has 0 radical (unpaired) electrons. The fourth-order valence-electron chi connectivity index (χ4n) is 5.36. The van der Waals surface area contributed by atoms with E-state index in [-0.39, 0.29) is 5.91 Å². The molecule has 0 N–H and O–H groups in total. The molecule has 4 bridgehead atoms. The summed E-state index contributed by atoms with van der Waals surface area (Å²) in [4.78, 5) is 21.8. The van der Waals surface area contributed by atoms with Gasteiger partial charge in [-0.1, -0.05) is 16.8 Å². The second-order valence-corrected chi connectivity index (χ2v) is 9.58. The van der Waals surface area contributed by atoms with Gasteiger partial charge < -0.3 is 9.74 Å². The molecule has 6 rings (SSSR count). The number of oxime groups is 1. The van der Waals surface area contributed by atoms with E-state index in [4.69, 9.17) is 16.4 Å². The molecule has 4 nitrogen and oxygen atoms in total. The van der Waals surface area contributed by atoms with Crippen molar-refractivity contribution in [2.24, 2.45) is 22.9 Å². The lowest BCUT2D eigenvalue weighted by atomic mass is 9.68. The number of halogens is 1. The van der Waals surface area contributed by atoms with Crippen molar-refractivity contribution in [2.45, 2.75) is 50.7 Å². The molecule has 3 aliphatic heterocycles. The van der Waals surface area contributed by atoms with Crippen molar-refractivity contribution < 1.29 is 9.63 Å². The molecule has 2 saturated carbocycles. The van der Waals surface area contributed by atoms with Crippen LogP contribution in [0.1, 0.15) is 43.4 Å². The van der Waals surface area contributed by atoms with Gasteiger partial charge in [0, 0.05) is 19.0 Å². The lowest BCUT2D eigenvalue weighted by Crippen LogP contribution is -2.46. The summed E-state index contributed by atoms with van der Waals surface area (Å²) >= 11 is 7.49. The van der Waals surface area contributed by atoms with E-state index < -0.39 is 6.10 Å². The molecule has 24 heavy (non-hydrogen) atoms. The zero-order valence-corrected chi connectivity index (χ0v) is 15.1. The molecule has 1 aromatic heterocycles. The summed E-state index contributed by atoms with van der Waals surface area (Å²) in [6.07, 6.45) is 6.53. The molecule has 6 heteroatoms. The van der Waals surface area contributed by atoms with Gasteiger partial charge in [-0.3, -0.25) is 4.79 Å². The Morgan fingerprint density at radius 3 is 2.62 bits per heavy atom. The zero-order valence-electron chi connectivity index (χ0n) is 13.5. The minimum Gasteiger partial charge on any atom is -0.382 e. The van der Waals surface area contributed by atoms with E-state index in [1.807, 2.05) is 12.1 Å². The molecule has 4 fully saturated rings. The third kappa shape index (κ3) is 2.57. The highest BCUT2D eigenvalue weighted by atomic mass is 35.5. The van der Waals surface area contributed by atoms with Gasteiger partial charge in [0.2, 0.25) is 6.10 Å². The van der Waals surface area contributed by atoms with Crippen LogP contribution in [0.4, 0.5) is 0 Å². The molecule has 5 atom stereocenters. The number of amides is 1. The van der Waals surface area contributed by atoms with Gasteiger partial charge in [-0.25, -0.2) is 0 Å². The molecule has 0 aromatic carbocycles. The average Bonchev–Trinajstić information content (AvgIpc) is 3.15. The molecular weight excluding hydrogens is 344 g/mol. The maximum atomic E-state index is 13.1. The lowest BCUT2D eigenvalue weighted by molar-refractivity contribution is -0.145. The number of nitrogens with zero attached hydrogens (tertiary/aromatic N) is 2. The van der Waals surface area contributed by atoms with Crippen LogP contribution in [0.15, 0.2) is 17.3 Å². The van der Waals surface area contributed by atoms with Crippen LogP contribution in [-0.2, 0) is 9.63 Å². The van der Waals surface area contributed by atoms with E-state index in [0.29, 0.717) is 18.4 Å². The van der Waals surface area contributed by atoms with Crippen LogP contribution in [0.2, 0.25) is 4.34 Å². The van der Waals surface area contributed by atoms with Gasteiger partial charge in [-0.05, 0) is 62.0 Å². The Balaban J connectivity index is 1.31. The van der Waals surface area contributed by atoms with E-state index in [1.54, 1.807) is 0 Å². The second kappa shape index (κ2) is 5.73. The summed E-state index contributed by atoms with van der Waals surface area (Å²) in [5, 5.41) is 4.17. The summed E-state index contributed by atoms with van der Waals surface area (Å²) in [6.45, 7) is 0.927. The van der Waals surface area contributed by atoms with Gasteiger partial charge >= 0.3 is 0 Å². The van der Waals surface area contributed by atoms with Crippen LogP contribution in [0.5, 0.6) is 0 Å². The molecule has 4 heterocycles. The monoisotopic (exact) mass is 364 g/mol. The van der Waals surface area contributed by atoms with Gasteiger partial charge in [0.25, 0.3) is 5.91 Å². The quantitative estimate of drug-likeness (QED) is 0.797. The van der Waals surface area contributed by atoms with Crippen molar-refractivity contribution in [1.29, 1.82) is 0 Å². The molecular formula is C18H21ClN2O2S. The van der Waals surface area contributed by atoms with Gasteiger partial charge in [-0.15, -0.1) is 11.3 Å². The molecule has 1 aromatic rings. The predicted octanol–water partition coefficient (Wildman–Crippen LogP) is 3.93. The molecule has 128 valence electrons. The van der Waals surface area contributed by atoms with Crippen LogP contribution in [0, 0.1) is 17.8 Å². The lowest BCUT2D eigenvalue weighted by Gasteiger charge is -2.39. The van der Waals surface area contributed by atoms with E-state index in [2.05, 4.69) is 10.1 Å². The molecule has 1 amide bonds. The van der Waals surface area contributed by atoms with Crippen molar-refractivity contribution in [3.05, 3.63) is 21.3 Å². The summed E-state index contributed by atoms with van der Waals surface area (Å²) in [5.41, 5.74) is 0.853. The second-order valence-electron chi connectivity index (χ2n) is 7.86. The first-order valence-corrected chi connectivity index (χ1v) is 10.1. The number of fused-ring (bicyclic) bond motifs is 1. The standard InChI is InChI=1S/C18H21ClN2O2S/c19-17-2-1-16(24-17)14-8-15(23-20-14)18(22)21-9-12-4-10-3-11(5-12)7-13(21)6-10/h1-2,10-13,15H,3-9H2/t10-,11+,12?,13?,15-/m1/s1. The van der Waals surface area contributed by atoms with E-state index >= 15 is 0 Å². The van der Waals surface area contributed by atoms with Crippen molar-refractivity contribution in [1.82, 2.24) is 4.90 Å². The van der Waals surface area contributed by atoms with Crippen molar-refractivity contribution in [2.75, 3.05) is 6.54 Å². The van der Waals surface area contributed by atoms with Gasteiger partial charge in [0.05, 0.1) is 9.21 Å². The van der Waals surface area contributed by atoms with E-state index in [0.717, 1.165) is 33.3 Å². The zero-order chi connectivity index (χ0) is 16.3. The van der Waals surface area contributed by atoms with Crippen LogP contribution >= 0.6 is 22.9 Å². The highest BCUT2D eigenvalue weighted by Gasteiger charge is 2.46. The number of carbonyl (C=O) groups is 1. The molecule has 0 spiro atoms. The van der Waals surface area contributed by atoms with Crippen LogP contribution in [0.3, 0.4) is 0 Å². The van der Waals surface area contributed by atoms with Crippen molar-refractivity contribution in [3.8, 4) is 0 Å². The molecule has 2 aliphatic carbocycles. The summed E-state index contributed by atoms with van der Waals surface area (Å²) < 4.78 is 0.739. The Morgan fingerprint density at radius 2 is 1.92 bits per heavy atom. The van der Waals surface area contributed by atoms with Crippen LogP contribution in [-0.4, -0.2) is 35.2 Å². The maximum Gasteiger partial charge on any atom is 0.267 e. The topological polar surface area (TPSA) is 41.9 Å². The SMILES string of the molecule is O=C([C@H]1CC(c2ccc(Cl)s2)=NO1)N1CC2C[C@@H]3CC1C[C@H](C2)C3. The summed E-state index contributed by atoms with van der Waals surface area (Å²) in [5.74, 6) is 2.53. The van der Waals surface area contributed by atoms with Gasteiger partial charge in [-0.2, -0.15) is 0 Å². The van der Waals surface area contributed by atoms with Gasteiger partial charge in [0.1, 0.15) is 5.71 Å². The fraction of sp³-hybridized carbons (Fsp3) is 0.667. The maximum absolute atomic E-state index is 13.1. The van der Waals surface area contributed by atoms with Crippen molar-refractivity contribution >= 4 is 34.6 Å². The molecule has 2 unspecified atom stereocenters. The number of hydrogen-bond acceptors (Lipinski definition) is 4. The molecule has 5 aliphatic rings. The largest absolute Gasteiger partial charge is 0.382 e. The average molecular weight is 365 g/mol. The smallest absolute Gasteiger partial charge is 0.267 e. The fourth-order valence-corrected chi connectivity index (χ4v) is 6.40. The van der Waals surface area contributed by atoms with Crippen LogP contribution < -0.4 is 0 Å². The number of carbonyl (C=O) groups excluding carboxylic acids is 1. The first-order valence-electron chi connectivity index (χ1n) is 8.94. The Labute approximate surface area is 150 Å². The first-order chi connectivity index (χ1) is 11.7. The Bertz CT molecular complexity index is 689. The van der Waals surface area contributed by atoms with Gasteiger partial charge in [0.15, 0.2) is 0 Å². The highest BCUT2D eigenvalue weighted by molar-refractivity contribution is 7.18. The normalized spacial score (nSPS) is 37.3. The third-order valence-corrected chi connectivity index (χ3v) is 7.47. The minimum atomic E-state index is -0.448. The minimum absolute atomic E-state index is 0.148. The number of thiophene rings is 1. The Hall–Kier alpha value is -1.07. The number of hydrogen-bond donors (Lipinski definition) is 0. The summed E-state index contributed by atoms with van der Waals surface area (Å²) in [7, 11) is 0.